The van der Waals surface area contributed by atoms with Crippen LogP contribution in [0.3, 0.4) is 0 Å². The number of H-pyrrole nitrogens is 1. The van der Waals surface area contributed by atoms with Crippen LogP contribution in [-0.4, -0.2) is 110 Å². The Labute approximate surface area is 411 Å². The number of aryl methyl sites for hydroxylation is 2. The first kappa shape index (κ1) is 44.9. The van der Waals surface area contributed by atoms with Crippen molar-refractivity contribution in [2.75, 3.05) is 39.5 Å². The van der Waals surface area contributed by atoms with Crippen molar-refractivity contribution in [1.82, 2.24) is 53.0 Å². The number of aromatic nitrogens is 9. The van der Waals surface area contributed by atoms with Crippen LogP contribution in [0.4, 0.5) is 8.78 Å². The molecular weight excluding hydrogens is 925 g/mol. The molecule has 1 aliphatic carbocycles. The first-order valence-corrected chi connectivity index (χ1v) is 25.1. The predicted octanol–water partition coefficient (Wildman–Crippen LogP) is 6.97. The zero-order chi connectivity index (χ0) is 49.4. The fraction of sp³-hybridized carbons (Fsp3) is 0.434. The second-order valence-corrected chi connectivity index (χ2v) is 21.1. The lowest BCUT2D eigenvalue weighted by Crippen LogP contribution is -2.42. The van der Waals surface area contributed by atoms with Crippen LogP contribution in [0.25, 0.3) is 33.6 Å². The molecule has 372 valence electrons. The summed E-state index contributed by atoms with van der Waals surface area (Å²) in [6.07, 6.45) is 11.4. The molecule has 0 spiro atoms. The number of fused-ring (bicyclic) bond motifs is 6. The number of nitrogens with zero attached hydrogens (tertiary/aromatic N) is 10. The van der Waals surface area contributed by atoms with E-state index in [1.165, 1.54) is 20.9 Å². The van der Waals surface area contributed by atoms with Crippen LogP contribution in [0.5, 0.6) is 0 Å². The molecule has 1 N–H and O–H groups in total. The monoisotopic (exact) mass is 979 g/mol. The smallest absolute Gasteiger partial charge is 0.379 e. The van der Waals surface area contributed by atoms with Gasteiger partial charge in [-0.2, -0.15) is 10.2 Å². The van der Waals surface area contributed by atoms with Gasteiger partial charge >= 0.3 is 11.4 Å². The van der Waals surface area contributed by atoms with Gasteiger partial charge in [-0.05, 0) is 131 Å². The Balaban J connectivity index is 0.917. The number of pyridine rings is 1. The minimum Gasteiger partial charge on any atom is -0.379 e. The van der Waals surface area contributed by atoms with Crippen LogP contribution in [0.1, 0.15) is 114 Å². The Hall–Kier alpha value is -6.96. The van der Waals surface area contributed by atoms with Gasteiger partial charge in [-0.25, -0.2) is 23.1 Å². The Morgan fingerprint density at radius 3 is 2.44 bits per heavy atom. The lowest BCUT2D eigenvalue weighted by molar-refractivity contribution is -0.0593. The highest BCUT2D eigenvalue weighted by atomic mass is 19.1. The molecule has 3 atom stereocenters. The van der Waals surface area contributed by atoms with E-state index in [0.717, 1.165) is 49.4 Å². The molecular formula is C53H55F2N11O6. The average molecular weight is 980 g/mol. The van der Waals surface area contributed by atoms with Crippen molar-refractivity contribution in [2.24, 2.45) is 0 Å². The molecule has 5 aliphatic rings. The van der Waals surface area contributed by atoms with Gasteiger partial charge < -0.3 is 18.8 Å². The number of amides is 1. The van der Waals surface area contributed by atoms with Crippen molar-refractivity contribution in [3.05, 3.63) is 145 Å². The SMILES string of the molecule is Cc1cc(-n2nc3c(c2-n2ccn(-c4ccc5c(cnn5CCN5CCOCC5)c4F)c2=O)[C@@H]2CC[C@H](C3)N2C(=O)c2cc3cc([C@H]4CCOC(C)(C)C4)ccn3c2C2(c3noc(=O)[nH]3)CC2)cc(C)c1F. The predicted molar refractivity (Wildman–Crippen MR) is 261 cm³/mol. The molecule has 6 aromatic heterocycles. The minimum absolute atomic E-state index is 0.0598. The second kappa shape index (κ2) is 16.5. The fourth-order valence-corrected chi connectivity index (χ4v) is 12.5. The lowest BCUT2D eigenvalue weighted by atomic mass is 9.84. The normalized spacial score (nSPS) is 21.5. The van der Waals surface area contributed by atoms with Crippen molar-refractivity contribution >= 4 is 22.3 Å². The average Bonchev–Trinajstić information content (AvgIpc) is 3.97. The molecule has 1 amide bonds. The van der Waals surface area contributed by atoms with E-state index in [0.29, 0.717) is 109 Å². The summed E-state index contributed by atoms with van der Waals surface area (Å²) in [6, 6.07) is 12.3. The molecule has 0 radical (unpaired) electrons. The quantitative estimate of drug-likeness (QED) is 0.151. The highest BCUT2D eigenvalue weighted by molar-refractivity contribution is 5.99. The molecule has 13 rings (SSSR count). The number of hydrogen-bond acceptors (Lipinski definition) is 10. The Bertz CT molecular complexity index is 3600. The van der Waals surface area contributed by atoms with Crippen molar-refractivity contribution in [2.45, 2.75) is 108 Å². The molecule has 4 aliphatic heterocycles. The molecule has 19 heteroatoms. The summed E-state index contributed by atoms with van der Waals surface area (Å²) in [5, 5.41) is 14.2. The van der Waals surface area contributed by atoms with E-state index in [2.05, 4.69) is 50.5 Å². The topological polar surface area (TPSA) is 168 Å². The number of halogens is 2. The van der Waals surface area contributed by atoms with Crippen LogP contribution in [0, 0.1) is 25.5 Å². The van der Waals surface area contributed by atoms with E-state index in [-0.39, 0.29) is 35.0 Å². The van der Waals surface area contributed by atoms with Crippen molar-refractivity contribution in [3.63, 3.8) is 0 Å². The van der Waals surface area contributed by atoms with E-state index < -0.39 is 28.7 Å². The summed E-state index contributed by atoms with van der Waals surface area (Å²) in [7, 11) is 0. The highest BCUT2D eigenvalue weighted by Gasteiger charge is 2.55. The molecule has 0 unspecified atom stereocenters. The summed E-state index contributed by atoms with van der Waals surface area (Å²) in [4.78, 5) is 50.3. The molecule has 72 heavy (non-hydrogen) atoms. The summed E-state index contributed by atoms with van der Waals surface area (Å²) >= 11 is 0. The van der Waals surface area contributed by atoms with E-state index in [9.17, 15) is 4.79 Å². The van der Waals surface area contributed by atoms with E-state index in [4.69, 9.17) is 19.1 Å². The Morgan fingerprint density at radius 1 is 0.903 bits per heavy atom. The van der Waals surface area contributed by atoms with Gasteiger partial charge in [0.25, 0.3) is 5.91 Å². The molecule has 1 saturated carbocycles. The van der Waals surface area contributed by atoms with Crippen molar-refractivity contribution in [1.29, 1.82) is 0 Å². The third-order valence-electron chi connectivity index (χ3n) is 16.2. The zero-order valence-corrected chi connectivity index (χ0v) is 40.7. The fourth-order valence-electron chi connectivity index (χ4n) is 12.5. The third-order valence-corrected chi connectivity index (χ3v) is 16.2. The van der Waals surface area contributed by atoms with Crippen molar-refractivity contribution in [3.8, 4) is 17.2 Å². The summed E-state index contributed by atoms with van der Waals surface area (Å²) in [5.74, 6) is -0.722. The van der Waals surface area contributed by atoms with Gasteiger partial charge in [0.1, 0.15) is 11.6 Å². The summed E-state index contributed by atoms with van der Waals surface area (Å²) in [5.41, 5.74) is 5.15. The number of morpholine rings is 1. The molecule has 2 bridgehead atoms. The molecule has 10 heterocycles. The van der Waals surface area contributed by atoms with Gasteiger partial charge in [0, 0.05) is 74.1 Å². The number of carbonyl (C=O) groups is 1. The molecule has 8 aromatic rings. The number of aromatic amines is 1. The Kier molecular flexibility index (Phi) is 10.3. The number of ether oxygens (including phenoxy) is 2. The van der Waals surface area contributed by atoms with Crippen LogP contribution < -0.4 is 11.4 Å². The first-order chi connectivity index (χ1) is 34.8. The van der Waals surface area contributed by atoms with Crippen LogP contribution in [-0.2, 0) is 27.9 Å². The van der Waals surface area contributed by atoms with Gasteiger partial charge in [-0.3, -0.25) is 33.0 Å². The van der Waals surface area contributed by atoms with Crippen LogP contribution in [0.15, 0.2) is 81.4 Å². The highest BCUT2D eigenvalue weighted by Crippen LogP contribution is 2.55. The standard InChI is InChI=1S/C53H55F2N11O6/c1-30-23-36(24-31(2)44(30)54)66-47(63-16-15-62(51(63)69)42-8-7-40-38(45(42)55)29-56-64(40)17-14-60-18-21-70-22-19-60)43-39(58-66)27-34-5-6-41(43)65(34)48(67)37-26-35-25-32(33-10-20-71-52(3,4)28-33)9-13-61(35)46(37)53(11-12-53)49-57-50(68)72-59-49/h7-9,13,15-16,23-26,29,33-34,41H,5-6,10-12,14,17-22,27-28H2,1-4H3,(H,57,59,68)/t33-,34+,41-/m0/s1. The Morgan fingerprint density at radius 2 is 1.69 bits per heavy atom. The first-order valence-electron chi connectivity index (χ1n) is 25.1. The summed E-state index contributed by atoms with van der Waals surface area (Å²) in [6.45, 7) is 12.6. The van der Waals surface area contributed by atoms with E-state index >= 15 is 18.4 Å². The molecule has 4 fully saturated rings. The van der Waals surface area contributed by atoms with Gasteiger partial charge in [0.15, 0.2) is 11.6 Å². The van der Waals surface area contributed by atoms with Gasteiger partial charge in [-0.15, -0.1) is 0 Å². The zero-order valence-electron chi connectivity index (χ0n) is 40.7. The number of nitrogens with one attached hydrogen (secondary N) is 1. The van der Waals surface area contributed by atoms with Gasteiger partial charge in [-0.1, -0.05) is 5.16 Å². The second-order valence-electron chi connectivity index (χ2n) is 21.1. The number of hydrogen-bond donors (Lipinski definition) is 1. The number of rotatable bonds is 10. The molecule has 3 saturated heterocycles. The number of imidazole rings is 1. The van der Waals surface area contributed by atoms with E-state index in [1.54, 1.807) is 59.9 Å². The lowest BCUT2D eigenvalue weighted by Gasteiger charge is -2.35. The van der Waals surface area contributed by atoms with Crippen LogP contribution in [0.2, 0.25) is 0 Å². The van der Waals surface area contributed by atoms with Gasteiger partial charge in [0.05, 0.1) is 76.5 Å². The third kappa shape index (κ3) is 7.09. The maximum Gasteiger partial charge on any atom is 0.438 e. The number of benzene rings is 2. The summed E-state index contributed by atoms with van der Waals surface area (Å²) < 4.78 is 56.9. The molecule has 17 nitrogen and oxygen atoms in total. The maximum atomic E-state index is 16.7. The van der Waals surface area contributed by atoms with E-state index in [1.807, 2.05) is 17.2 Å². The molecule has 2 aromatic carbocycles. The largest absolute Gasteiger partial charge is 0.438 e. The van der Waals surface area contributed by atoms with Crippen molar-refractivity contribution < 1.29 is 27.6 Å². The van der Waals surface area contributed by atoms with Gasteiger partial charge in [0.2, 0.25) is 0 Å². The maximum absolute atomic E-state index is 16.7. The van der Waals surface area contributed by atoms with Crippen LogP contribution >= 0.6 is 0 Å². The minimum atomic E-state index is -0.768. The number of carbonyl (C=O) groups excluding carboxylic acids is 1.